The first kappa shape index (κ1) is 17.3. The highest BCUT2D eigenvalue weighted by Gasteiger charge is 2.20. The SMILES string of the molecule is CCCCSC(C)C(=O)Oc1cc([N+](=O)[O-])ccc1OC. The van der Waals surface area contributed by atoms with Crippen molar-refractivity contribution >= 4 is 23.4 Å². The Balaban J connectivity index is 2.78. The van der Waals surface area contributed by atoms with Crippen LogP contribution in [0.15, 0.2) is 18.2 Å². The van der Waals surface area contributed by atoms with Crippen LogP contribution >= 0.6 is 11.8 Å². The molecule has 0 amide bonds. The molecule has 0 aliphatic carbocycles. The number of hydrogen-bond donors (Lipinski definition) is 0. The molecule has 21 heavy (non-hydrogen) atoms. The molecule has 1 rings (SSSR count). The molecule has 0 N–H and O–H groups in total. The van der Waals surface area contributed by atoms with Crippen LogP contribution in [-0.2, 0) is 4.79 Å². The van der Waals surface area contributed by atoms with E-state index >= 15 is 0 Å². The fraction of sp³-hybridized carbons (Fsp3) is 0.500. The molecule has 0 radical (unpaired) electrons. The first-order valence-corrected chi connectivity index (χ1v) is 7.70. The number of benzene rings is 1. The molecular weight excluding hydrogens is 294 g/mol. The third kappa shape index (κ3) is 5.26. The molecule has 116 valence electrons. The predicted molar refractivity (Wildman–Crippen MR) is 82.1 cm³/mol. The van der Waals surface area contributed by atoms with Crippen LogP contribution in [0, 0.1) is 10.1 Å². The van der Waals surface area contributed by atoms with Gasteiger partial charge in [0.15, 0.2) is 11.5 Å². The second-order valence-corrected chi connectivity index (χ2v) is 5.83. The molecule has 0 saturated carbocycles. The number of non-ortho nitro benzene ring substituents is 1. The van der Waals surface area contributed by atoms with Gasteiger partial charge in [0.1, 0.15) is 5.25 Å². The van der Waals surface area contributed by atoms with Gasteiger partial charge in [0.05, 0.1) is 18.1 Å². The third-order valence-electron chi connectivity index (χ3n) is 2.77. The highest BCUT2D eigenvalue weighted by Crippen LogP contribution is 2.32. The Hall–Kier alpha value is -1.76. The molecule has 0 bridgehead atoms. The summed E-state index contributed by atoms with van der Waals surface area (Å²) in [7, 11) is 1.41. The van der Waals surface area contributed by atoms with Gasteiger partial charge in [-0.25, -0.2) is 0 Å². The van der Waals surface area contributed by atoms with Crippen molar-refractivity contribution in [2.45, 2.75) is 31.9 Å². The summed E-state index contributed by atoms with van der Waals surface area (Å²) in [5.41, 5.74) is -0.148. The van der Waals surface area contributed by atoms with Gasteiger partial charge in [-0.2, -0.15) is 0 Å². The van der Waals surface area contributed by atoms with Gasteiger partial charge in [-0.1, -0.05) is 13.3 Å². The Bertz CT molecular complexity index is 506. The van der Waals surface area contributed by atoms with Crippen LogP contribution in [0.3, 0.4) is 0 Å². The number of hydrogen-bond acceptors (Lipinski definition) is 6. The second-order valence-electron chi connectivity index (χ2n) is 4.38. The summed E-state index contributed by atoms with van der Waals surface area (Å²) < 4.78 is 10.3. The number of methoxy groups -OCH3 is 1. The van der Waals surface area contributed by atoms with Crippen LogP contribution in [-0.4, -0.2) is 29.0 Å². The first-order valence-electron chi connectivity index (χ1n) is 6.65. The Morgan fingerprint density at radius 3 is 2.71 bits per heavy atom. The van der Waals surface area contributed by atoms with E-state index in [-0.39, 0.29) is 16.7 Å². The average Bonchev–Trinajstić information content (AvgIpc) is 2.47. The normalized spacial score (nSPS) is 11.8. The molecule has 0 aliphatic rings. The molecule has 1 unspecified atom stereocenters. The van der Waals surface area contributed by atoms with Crippen molar-refractivity contribution in [1.82, 2.24) is 0 Å². The summed E-state index contributed by atoms with van der Waals surface area (Å²) in [5.74, 6) is 0.799. The fourth-order valence-corrected chi connectivity index (χ4v) is 2.52. The van der Waals surface area contributed by atoms with Crippen molar-refractivity contribution in [2.75, 3.05) is 12.9 Å². The largest absolute Gasteiger partial charge is 0.493 e. The monoisotopic (exact) mass is 313 g/mol. The van der Waals surface area contributed by atoms with Crippen LogP contribution in [0.1, 0.15) is 26.7 Å². The lowest BCUT2D eigenvalue weighted by Gasteiger charge is -2.12. The molecule has 1 aromatic carbocycles. The summed E-state index contributed by atoms with van der Waals surface area (Å²) >= 11 is 1.50. The first-order chi connectivity index (χ1) is 9.99. The molecule has 0 aliphatic heterocycles. The van der Waals surface area contributed by atoms with Gasteiger partial charge in [0.2, 0.25) is 0 Å². The Morgan fingerprint density at radius 1 is 1.43 bits per heavy atom. The smallest absolute Gasteiger partial charge is 0.324 e. The summed E-state index contributed by atoms with van der Waals surface area (Å²) in [5, 5.41) is 10.4. The number of ether oxygens (including phenoxy) is 2. The number of nitro groups is 1. The quantitative estimate of drug-likeness (QED) is 0.240. The van der Waals surface area contributed by atoms with Crippen molar-refractivity contribution in [2.24, 2.45) is 0 Å². The molecule has 0 fully saturated rings. The number of carbonyl (C=O) groups is 1. The minimum absolute atomic E-state index is 0.0691. The average molecular weight is 313 g/mol. The lowest BCUT2D eigenvalue weighted by atomic mass is 10.3. The maximum absolute atomic E-state index is 12.0. The number of thioether (sulfide) groups is 1. The lowest BCUT2D eigenvalue weighted by Crippen LogP contribution is -2.20. The van der Waals surface area contributed by atoms with Crippen molar-refractivity contribution in [3.05, 3.63) is 28.3 Å². The zero-order valence-corrected chi connectivity index (χ0v) is 13.1. The van der Waals surface area contributed by atoms with Crippen molar-refractivity contribution < 1.29 is 19.2 Å². The molecule has 0 aromatic heterocycles. The van der Waals surface area contributed by atoms with Gasteiger partial charge in [-0.05, 0) is 25.2 Å². The minimum atomic E-state index is -0.545. The number of unbranched alkanes of at least 4 members (excludes halogenated alkanes) is 1. The van der Waals surface area contributed by atoms with Crippen molar-refractivity contribution in [1.29, 1.82) is 0 Å². The van der Waals surface area contributed by atoms with Gasteiger partial charge in [-0.3, -0.25) is 14.9 Å². The number of nitrogens with zero attached hydrogens (tertiary/aromatic N) is 1. The van der Waals surface area contributed by atoms with E-state index in [4.69, 9.17) is 9.47 Å². The maximum Gasteiger partial charge on any atom is 0.324 e. The maximum atomic E-state index is 12.0. The van der Waals surface area contributed by atoms with Gasteiger partial charge < -0.3 is 9.47 Å². The molecule has 6 nitrogen and oxygen atoms in total. The molecular formula is C14H19NO5S. The van der Waals surface area contributed by atoms with Gasteiger partial charge in [-0.15, -0.1) is 11.8 Å². The number of carbonyl (C=O) groups excluding carboxylic acids is 1. The molecule has 7 heteroatoms. The Morgan fingerprint density at radius 2 is 2.14 bits per heavy atom. The van der Waals surface area contributed by atoms with Crippen LogP contribution in [0.25, 0.3) is 0 Å². The van der Waals surface area contributed by atoms with E-state index in [1.807, 2.05) is 0 Å². The molecule has 0 heterocycles. The van der Waals surface area contributed by atoms with Crippen LogP contribution in [0.4, 0.5) is 5.69 Å². The molecule has 1 atom stereocenters. The zero-order chi connectivity index (χ0) is 15.8. The van der Waals surface area contributed by atoms with E-state index in [0.29, 0.717) is 5.75 Å². The van der Waals surface area contributed by atoms with Crippen molar-refractivity contribution in [3.63, 3.8) is 0 Å². The standard InChI is InChI=1S/C14H19NO5S/c1-4-5-8-21-10(2)14(16)20-13-9-11(15(17)18)6-7-12(13)19-3/h6-7,9-10H,4-5,8H2,1-3H3. The van der Waals surface area contributed by atoms with E-state index in [9.17, 15) is 14.9 Å². The fourth-order valence-electron chi connectivity index (χ4n) is 1.52. The van der Waals surface area contributed by atoms with E-state index in [0.717, 1.165) is 18.6 Å². The van der Waals surface area contributed by atoms with Crippen LogP contribution < -0.4 is 9.47 Å². The topological polar surface area (TPSA) is 78.7 Å². The Kier molecular flexibility index (Phi) is 7.01. The second kappa shape index (κ2) is 8.51. The van der Waals surface area contributed by atoms with Crippen LogP contribution in [0.2, 0.25) is 0 Å². The summed E-state index contributed by atoms with van der Waals surface area (Å²) in [6.45, 7) is 3.84. The minimum Gasteiger partial charge on any atom is -0.493 e. The molecule has 0 saturated heterocycles. The van der Waals surface area contributed by atoms with Gasteiger partial charge in [0.25, 0.3) is 5.69 Å². The zero-order valence-electron chi connectivity index (χ0n) is 12.3. The highest BCUT2D eigenvalue weighted by molar-refractivity contribution is 8.00. The predicted octanol–water partition coefficient (Wildman–Crippen LogP) is 3.43. The Labute approximate surface area is 128 Å². The molecule has 1 aromatic rings. The van der Waals surface area contributed by atoms with E-state index < -0.39 is 10.9 Å². The highest BCUT2D eigenvalue weighted by atomic mass is 32.2. The van der Waals surface area contributed by atoms with Gasteiger partial charge >= 0.3 is 5.97 Å². The number of esters is 1. The summed E-state index contributed by atoms with van der Waals surface area (Å²) in [4.78, 5) is 22.2. The van der Waals surface area contributed by atoms with Gasteiger partial charge in [0, 0.05) is 6.07 Å². The van der Waals surface area contributed by atoms with Crippen LogP contribution in [0.5, 0.6) is 11.5 Å². The van der Waals surface area contributed by atoms with E-state index in [1.165, 1.54) is 37.1 Å². The molecule has 0 spiro atoms. The number of rotatable bonds is 8. The van der Waals surface area contributed by atoms with E-state index in [2.05, 4.69) is 6.92 Å². The van der Waals surface area contributed by atoms with Crippen molar-refractivity contribution in [3.8, 4) is 11.5 Å². The summed E-state index contributed by atoms with van der Waals surface area (Å²) in [6.07, 6.45) is 2.09. The van der Waals surface area contributed by atoms with E-state index in [1.54, 1.807) is 6.92 Å². The third-order valence-corrected chi connectivity index (χ3v) is 3.98. The number of nitro benzene ring substituents is 1. The summed E-state index contributed by atoms with van der Waals surface area (Å²) in [6, 6.07) is 3.91. The lowest BCUT2D eigenvalue weighted by molar-refractivity contribution is -0.384.